The van der Waals surface area contributed by atoms with E-state index in [0.717, 1.165) is 0 Å². The van der Waals surface area contributed by atoms with Gasteiger partial charge in [-0.15, -0.1) is 0 Å². The fraction of sp³-hybridized carbons (Fsp3) is 0.296. The third kappa shape index (κ3) is 9.45. The van der Waals surface area contributed by atoms with E-state index in [2.05, 4.69) is 25.3 Å². The molecule has 2 N–H and O–H groups in total. The third-order valence-electron chi connectivity index (χ3n) is 5.09. The van der Waals surface area contributed by atoms with Crippen molar-refractivity contribution < 1.29 is 50.2 Å². The van der Waals surface area contributed by atoms with E-state index >= 15 is 0 Å². The van der Waals surface area contributed by atoms with Gasteiger partial charge in [0.2, 0.25) is 5.91 Å². The average molecular weight is 599 g/mol. The summed E-state index contributed by atoms with van der Waals surface area (Å²) in [5, 5.41) is 4.20. The van der Waals surface area contributed by atoms with Crippen LogP contribution in [0.2, 0.25) is 0 Å². The maximum atomic E-state index is 13.8. The first kappa shape index (κ1) is 31.8. The first-order chi connectivity index (χ1) is 19.4. The molecule has 224 valence electrons. The highest BCUT2D eigenvalue weighted by Gasteiger charge is 2.38. The lowest BCUT2D eigenvalue weighted by Crippen LogP contribution is -2.28. The van der Waals surface area contributed by atoms with Gasteiger partial charge in [-0.3, -0.25) is 24.9 Å². The topological polar surface area (TPSA) is 120 Å². The number of hydrogen-bond acceptors (Lipinski definition) is 7. The minimum Gasteiger partial charge on any atom is -0.483 e. The van der Waals surface area contributed by atoms with Crippen LogP contribution >= 0.6 is 0 Å². The molecule has 2 aromatic carbocycles. The molecule has 3 rings (SSSR count). The molecule has 0 atom stereocenters. The molecule has 0 aliphatic rings. The minimum atomic E-state index is -5.22. The summed E-state index contributed by atoms with van der Waals surface area (Å²) in [6.45, 7) is 2.41. The molecule has 42 heavy (non-hydrogen) atoms. The molecular formula is C27H24F6N4O5. The zero-order valence-corrected chi connectivity index (χ0v) is 22.3. The Labute approximate surface area is 235 Å². The molecule has 1 aromatic heterocycles. The van der Waals surface area contributed by atoms with E-state index in [1.165, 1.54) is 57.6 Å². The van der Waals surface area contributed by atoms with Crippen LogP contribution < -0.4 is 15.4 Å². The number of nitrogens with one attached hydrogen (secondary N) is 2. The van der Waals surface area contributed by atoms with Gasteiger partial charge in [-0.25, -0.2) is 4.79 Å². The smallest absolute Gasteiger partial charge is 0.422 e. The molecular weight excluding hydrogens is 574 g/mol. The van der Waals surface area contributed by atoms with Crippen molar-refractivity contribution in [3.05, 3.63) is 66.1 Å². The lowest BCUT2D eigenvalue weighted by molar-refractivity contribution is -0.158. The number of carbonyl (C=O) groups excluding carboxylic acids is 3. The third-order valence-corrected chi connectivity index (χ3v) is 5.09. The maximum Gasteiger partial charge on any atom is 0.422 e. The van der Waals surface area contributed by atoms with Crippen molar-refractivity contribution in [2.75, 3.05) is 17.2 Å². The van der Waals surface area contributed by atoms with Gasteiger partial charge < -0.3 is 14.8 Å². The first-order valence-corrected chi connectivity index (χ1v) is 12.1. The zero-order valence-electron chi connectivity index (χ0n) is 22.3. The number of rotatable bonds is 8. The Balaban J connectivity index is 1.91. The van der Waals surface area contributed by atoms with Crippen molar-refractivity contribution in [3.63, 3.8) is 0 Å². The fourth-order valence-corrected chi connectivity index (χ4v) is 3.44. The second-order valence-electron chi connectivity index (χ2n) is 9.74. The number of anilines is 2. The number of hydrogen-bond donors (Lipinski definition) is 2. The Hall–Kier alpha value is -4.69. The van der Waals surface area contributed by atoms with Gasteiger partial charge in [-0.2, -0.15) is 26.3 Å². The summed E-state index contributed by atoms with van der Waals surface area (Å²) >= 11 is 0. The van der Waals surface area contributed by atoms with E-state index in [0.29, 0.717) is 17.3 Å². The van der Waals surface area contributed by atoms with Crippen LogP contribution in [0.15, 0.2) is 55.0 Å². The van der Waals surface area contributed by atoms with Crippen molar-refractivity contribution in [2.24, 2.45) is 0 Å². The molecule has 0 aliphatic heterocycles. The van der Waals surface area contributed by atoms with E-state index < -0.39 is 71.5 Å². The molecule has 0 saturated heterocycles. The van der Waals surface area contributed by atoms with Crippen LogP contribution in [0.1, 0.15) is 43.1 Å². The summed E-state index contributed by atoms with van der Waals surface area (Å²) in [6.07, 6.45) is -7.86. The highest BCUT2D eigenvalue weighted by Crippen LogP contribution is 2.42. The summed E-state index contributed by atoms with van der Waals surface area (Å²) in [6, 6.07) is 6.81. The number of aromatic nitrogens is 2. The zero-order chi connectivity index (χ0) is 31.3. The van der Waals surface area contributed by atoms with Crippen molar-refractivity contribution in [2.45, 2.75) is 45.1 Å². The van der Waals surface area contributed by atoms with Crippen LogP contribution in [0.4, 0.5) is 42.5 Å². The van der Waals surface area contributed by atoms with Crippen LogP contribution in [0, 0.1) is 0 Å². The number of benzene rings is 2. The van der Waals surface area contributed by atoms with Gasteiger partial charge in [0.25, 0.3) is 0 Å². The van der Waals surface area contributed by atoms with Crippen molar-refractivity contribution >= 4 is 29.2 Å². The molecule has 0 bridgehead atoms. The van der Waals surface area contributed by atoms with Gasteiger partial charge in [0.05, 0.1) is 35.2 Å². The first-order valence-electron chi connectivity index (χ1n) is 12.1. The van der Waals surface area contributed by atoms with Gasteiger partial charge >= 0.3 is 18.4 Å². The summed E-state index contributed by atoms with van der Waals surface area (Å²) < 4.78 is 88.8. The van der Waals surface area contributed by atoms with Gasteiger partial charge in [-0.05, 0) is 32.9 Å². The Morgan fingerprint density at radius 1 is 0.905 bits per heavy atom. The Kier molecular flexibility index (Phi) is 9.43. The molecule has 0 radical (unpaired) electrons. The normalized spacial score (nSPS) is 11.9. The molecule has 0 fully saturated rings. The predicted octanol–water partition coefficient (Wildman–Crippen LogP) is 6.66. The maximum absolute atomic E-state index is 13.8. The number of ketones is 1. The summed E-state index contributed by atoms with van der Waals surface area (Å²) in [5.41, 5.74) is -2.91. The molecule has 1 heterocycles. The lowest BCUT2D eigenvalue weighted by atomic mass is 10.0. The van der Waals surface area contributed by atoms with Crippen molar-refractivity contribution in [1.29, 1.82) is 0 Å². The minimum absolute atomic E-state index is 0.0901. The summed E-state index contributed by atoms with van der Waals surface area (Å²) in [5.74, 6) is -3.05. The SMILES string of the molecule is CC(C)(C)OC(=O)Nc1cc(OCC(F)(F)F)c(C(F)(F)F)cc1NC(=O)CC(=O)c1cccc(-c2cnccn2)c1. The fourth-order valence-electron chi connectivity index (χ4n) is 3.44. The van der Waals surface area contributed by atoms with Gasteiger partial charge in [0.1, 0.15) is 11.4 Å². The molecule has 0 aliphatic carbocycles. The number of alkyl halides is 6. The molecule has 0 unspecified atom stereocenters. The van der Waals surface area contributed by atoms with Crippen LogP contribution in [-0.2, 0) is 15.7 Å². The Morgan fingerprint density at radius 2 is 1.60 bits per heavy atom. The quantitative estimate of drug-likeness (QED) is 0.169. The van der Waals surface area contributed by atoms with Crippen LogP contribution in [0.25, 0.3) is 11.3 Å². The van der Waals surface area contributed by atoms with E-state index in [-0.39, 0.29) is 11.6 Å². The van der Waals surface area contributed by atoms with Crippen LogP contribution in [0.3, 0.4) is 0 Å². The predicted molar refractivity (Wildman–Crippen MR) is 138 cm³/mol. The second-order valence-corrected chi connectivity index (χ2v) is 9.74. The Bertz CT molecular complexity index is 1450. The largest absolute Gasteiger partial charge is 0.483 e. The van der Waals surface area contributed by atoms with Crippen molar-refractivity contribution in [3.8, 4) is 17.0 Å². The number of amides is 2. The number of ether oxygens (including phenoxy) is 2. The molecule has 3 aromatic rings. The lowest BCUT2D eigenvalue weighted by Gasteiger charge is -2.22. The number of carbonyl (C=O) groups is 3. The van der Waals surface area contributed by atoms with Gasteiger partial charge in [0.15, 0.2) is 12.4 Å². The molecule has 0 saturated carbocycles. The van der Waals surface area contributed by atoms with Gasteiger partial charge in [-0.1, -0.05) is 18.2 Å². The van der Waals surface area contributed by atoms with Crippen LogP contribution in [-0.4, -0.2) is 46.1 Å². The summed E-state index contributed by atoms with van der Waals surface area (Å²) in [7, 11) is 0. The number of halogens is 6. The van der Waals surface area contributed by atoms with E-state index in [1.807, 2.05) is 0 Å². The van der Waals surface area contributed by atoms with E-state index in [9.17, 15) is 40.7 Å². The average Bonchev–Trinajstić information content (AvgIpc) is 2.87. The van der Waals surface area contributed by atoms with E-state index in [1.54, 1.807) is 6.07 Å². The highest BCUT2D eigenvalue weighted by atomic mass is 19.4. The van der Waals surface area contributed by atoms with Crippen molar-refractivity contribution in [1.82, 2.24) is 9.97 Å². The monoisotopic (exact) mass is 598 g/mol. The number of nitrogens with zero attached hydrogens (tertiary/aromatic N) is 2. The standard InChI is InChI=1S/C27H24F6N4O5/c1-25(2,3)42-24(40)37-19-11-22(41-14-26(28,29)30)17(27(31,32)33)10-18(19)36-23(39)12-21(38)16-6-4-5-15(9-16)20-13-34-7-8-35-20/h4-11,13H,12,14H2,1-3H3,(H,36,39)(H,37,40). The molecule has 2 amide bonds. The second kappa shape index (κ2) is 12.4. The molecule has 0 spiro atoms. The number of Topliss-reactive ketones (excluding diaryl/α,β-unsaturated/α-hetero) is 1. The molecule has 15 heteroatoms. The van der Waals surface area contributed by atoms with Crippen LogP contribution in [0.5, 0.6) is 5.75 Å². The highest BCUT2D eigenvalue weighted by molar-refractivity contribution is 6.12. The molecule has 9 nitrogen and oxygen atoms in total. The van der Waals surface area contributed by atoms with Gasteiger partial charge in [0, 0.05) is 29.6 Å². The van der Waals surface area contributed by atoms with E-state index in [4.69, 9.17) is 4.74 Å². The Morgan fingerprint density at radius 3 is 2.19 bits per heavy atom. The summed E-state index contributed by atoms with van der Waals surface area (Å²) in [4.78, 5) is 46.0.